The molecule has 1 aliphatic rings. The molecule has 4 rings (SSSR count). The molecule has 0 radical (unpaired) electrons. The first kappa shape index (κ1) is 22.9. The summed E-state index contributed by atoms with van der Waals surface area (Å²) in [5.41, 5.74) is 3.97. The molecule has 6 heteroatoms. The summed E-state index contributed by atoms with van der Waals surface area (Å²) in [5.74, 6) is 0.446. The molecule has 0 bridgehead atoms. The molecule has 0 fully saturated rings. The van der Waals surface area contributed by atoms with Crippen molar-refractivity contribution in [2.24, 2.45) is 0 Å². The Balaban J connectivity index is 1.39. The summed E-state index contributed by atoms with van der Waals surface area (Å²) < 4.78 is 1.52. The summed E-state index contributed by atoms with van der Waals surface area (Å²) >= 11 is 0. The smallest absolute Gasteiger partial charge is 0.258 e. The number of fused-ring (bicyclic) bond motifs is 1. The van der Waals surface area contributed by atoms with Crippen LogP contribution in [0.3, 0.4) is 0 Å². The van der Waals surface area contributed by atoms with Crippen LogP contribution in [-0.2, 0) is 37.3 Å². The maximum absolute atomic E-state index is 13.3. The molecule has 3 aromatic rings. The quantitative estimate of drug-likeness (QED) is 0.579. The molecule has 0 aliphatic carbocycles. The molecule has 1 N–H and O–H groups in total. The lowest BCUT2D eigenvalue weighted by molar-refractivity contribution is -0.122. The molecule has 1 aromatic heterocycles. The largest absolute Gasteiger partial charge is 0.352 e. The fourth-order valence-corrected chi connectivity index (χ4v) is 4.42. The molecule has 33 heavy (non-hydrogen) atoms. The van der Waals surface area contributed by atoms with E-state index in [1.54, 1.807) is 0 Å². The van der Waals surface area contributed by atoms with Crippen molar-refractivity contribution in [3.63, 3.8) is 0 Å². The van der Waals surface area contributed by atoms with Gasteiger partial charge in [-0.15, -0.1) is 0 Å². The first-order chi connectivity index (χ1) is 16.0. The average Bonchev–Trinajstić information content (AvgIpc) is 2.82. The zero-order valence-electron chi connectivity index (χ0n) is 19.5. The number of hydrogen-bond donors (Lipinski definition) is 1. The van der Waals surface area contributed by atoms with Gasteiger partial charge in [0.25, 0.3) is 5.56 Å². The number of amides is 1. The molecular formula is C27H32N4O2. The van der Waals surface area contributed by atoms with E-state index >= 15 is 0 Å². The van der Waals surface area contributed by atoms with Crippen LogP contribution in [-0.4, -0.2) is 32.9 Å². The van der Waals surface area contributed by atoms with Crippen LogP contribution in [0.5, 0.6) is 0 Å². The summed E-state index contributed by atoms with van der Waals surface area (Å²) in [6.45, 7) is 6.04. The Kier molecular flexibility index (Phi) is 7.35. The molecule has 1 amide bonds. The Morgan fingerprint density at radius 1 is 1.06 bits per heavy atom. The normalized spacial score (nSPS) is 14.5. The van der Waals surface area contributed by atoms with Gasteiger partial charge in [-0.05, 0) is 37.8 Å². The number of hydrogen-bond acceptors (Lipinski definition) is 4. The average molecular weight is 445 g/mol. The van der Waals surface area contributed by atoms with Crippen molar-refractivity contribution in [3.8, 4) is 0 Å². The molecule has 1 atom stereocenters. The highest BCUT2D eigenvalue weighted by atomic mass is 16.2. The molecule has 1 aliphatic heterocycles. The third-order valence-electron chi connectivity index (χ3n) is 6.25. The third kappa shape index (κ3) is 5.96. The van der Waals surface area contributed by atoms with Gasteiger partial charge in [0.2, 0.25) is 5.91 Å². The number of benzene rings is 2. The lowest BCUT2D eigenvalue weighted by atomic mass is 10.1. The van der Waals surface area contributed by atoms with Crippen LogP contribution in [0.2, 0.25) is 0 Å². The van der Waals surface area contributed by atoms with E-state index < -0.39 is 0 Å². The number of nitrogens with zero attached hydrogens (tertiary/aromatic N) is 3. The summed E-state index contributed by atoms with van der Waals surface area (Å²) in [4.78, 5) is 32.9. The summed E-state index contributed by atoms with van der Waals surface area (Å²) in [7, 11) is 0. The molecule has 0 saturated carbocycles. The predicted molar refractivity (Wildman–Crippen MR) is 130 cm³/mol. The van der Waals surface area contributed by atoms with E-state index in [0.717, 1.165) is 38.0 Å². The van der Waals surface area contributed by atoms with E-state index in [1.165, 1.54) is 15.7 Å². The van der Waals surface area contributed by atoms with Gasteiger partial charge in [0.15, 0.2) is 0 Å². The van der Waals surface area contributed by atoms with Gasteiger partial charge in [0.1, 0.15) is 12.4 Å². The second kappa shape index (κ2) is 10.6. The Morgan fingerprint density at radius 2 is 1.73 bits per heavy atom. The van der Waals surface area contributed by atoms with Gasteiger partial charge >= 0.3 is 0 Å². The lowest BCUT2D eigenvalue weighted by Crippen LogP contribution is -2.42. The van der Waals surface area contributed by atoms with Gasteiger partial charge in [-0.1, -0.05) is 60.7 Å². The summed E-state index contributed by atoms with van der Waals surface area (Å²) in [6, 6.07) is 20.5. The van der Waals surface area contributed by atoms with E-state index in [9.17, 15) is 9.59 Å². The van der Waals surface area contributed by atoms with Crippen molar-refractivity contribution >= 4 is 5.91 Å². The van der Waals surface area contributed by atoms with Crippen molar-refractivity contribution in [1.82, 2.24) is 19.8 Å². The van der Waals surface area contributed by atoms with Crippen molar-refractivity contribution in [2.75, 3.05) is 6.54 Å². The minimum absolute atomic E-state index is 0.000686. The van der Waals surface area contributed by atoms with E-state index in [2.05, 4.69) is 39.5 Å². The second-order valence-corrected chi connectivity index (χ2v) is 8.91. The zero-order valence-corrected chi connectivity index (χ0v) is 19.5. The second-order valence-electron chi connectivity index (χ2n) is 8.91. The first-order valence-corrected chi connectivity index (χ1v) is 11.7. The molecule has 2 heterocycles. The van der Waals surface area contributed by atoms with Gasteiger partial charge in [-0.25, -0.2) is 4.98 Å². The van der Waals surface area contributed by atoms with Crippen molar-refractivity contribution in [2.45, 2.75) is 58.8 Å². The Hall–Kier alpha value is -3.25. The van der Waals surface area contributed by atoms with Gasteiger partial charge in [-0.2, -0.15) is 0 Å². The molecule has 1 unspecified atom stereocenters. The predicted octanol–water partition coefficient (Wildman–Crippen LogP) is 3.25. The van der Waals surface area contributed by atoms with Crippen LogP contribution in [0.4, 0.5) is 0 Å². The van der Waals surface area contributed by atoms with Gasteiger partial charge < -0.3 is 5.32 Å². The van der Waals surface area contributed by atoms with Gasteiger partial charge in [0, 0.05) is 32.1 Å². The fraction of sp³-hybridized carbons (Fsp3) is 0.370. The number of carbonyl (C=O) groups excluding carboxylic acids is 1. The van der Waals surface area contributed by atoms with Crippen LogP contribution in [0, 0.1) is 6.92 Å². The monoisotopic (exact) mass is 444 g/mol. The van der Waals surface area contributed by atoms with E-state index in [4.69, 9.17) is 0 Å². The number of aryl methyl sites for hydroxylation is 2. The van der Waals surface area contributed by atoms with Crippen LogP contribution < -0.4 is 10.9 Å². The Morgan fingerprint density at radius 3 is 2.42 bits per heavy atom. The molecular weight excluding hydrogens is 412 g/mol. The molecule has 6 nitrogen and oxygen atoms in total. The van der Waals surface area contributed by atoms with Crippen molar-refractivity contribution in [3.05, 3.63) is 99.2 Å². The van der Waals surface area contributed by atoms with Gasteiger partial charge in [0.05, 0.1) is 11.3 Å². The highest BCUT2D eigenvalue weighted by Crippen LogP contribution is 2.17. The van der Waals surface area contributed by atoms with Crippen molar-refractivity contribution < 1.29 is 4.79 Å². The Bertz CT molecular complexity index is 1140. The SMILES string of the molecule is Cc1nc2c(c(=O)n1CC(=O)NC(C)CCc1ccccc1)CN(Cc1ccccc1)CC2. The number of rotatable bonds is 8. The molecule has 0 spiro atoms. The van der Waals surface area contributed by atoms with Crippen molar-refractivity contribution in [1.29, 1.82) is 0 Å². The van der Waals surface area contributed by atoms with E-state index in [-0.39, 0.29) is 24.1 Å². The highest BCUT2D eigenvalue weighted by molar-refractivity contribution is 5.76. The zero-order chi connectivity index (χ0) is 23.2. The van der Waals surface area contributed by atoms with Crippen LogP contribution in [0.1, 0.15) is 41.6 Å². The number of carbonyl (C=O) groups is 1. The Labute approximate surface area is 195 Å². The highest BCUT2D eigenvalue weighted by Gasteiger charge is 2.23. The maximum Gasteiger partial charge on any atom is 0.258 e. The lowest BCUT2D eigenvalue weighted by Gasteiger charge is -2.28. The van der Waals surface area contributed by atoms with Crippen LogP contribution in [0.15, 0.2) is 65.5 Å². The van der Waals surface area contributed by atoms with E-state index in [0.29, 0.717) is 17.9 Å². The van der Waals surface area contributed by atoms with Crippen LogP contribution >= 0.6 is 0 Å². The maximum atomic E-state index is 13.3. The minimum Gasteiger partial charge on any atom is -0.352 e. The minimum atomic E-state index is -0.153. The first-order valence-electron chi connectivity index (χ1n) is 11.7. The summed E-state index contributed by atoms with van der Waals surface area (Å²) in [5, 5.41) is 3.04. The molecule has 2 aromatic carbocycles. The third-order valence-corrected chi connectivity index (χ3v) is 6.25. The van der Waals surface area contributed by atoms with Crippen LogP contribution in [0.25, 0.3) is 0 Å². The number of nitrogens with one attached hydrogen (secondary N) is 1. The molecule has 172 valence electrons. The fourth-order valence-electron chi connectivity index (χ4n) is 4.42. The van der Waals surface area contributed by atoms with Gasteiger partial charge in [-0.3, -0.25) is 19.1 Å². The summed E-state index contributed by atoms with van der Waals surface area (Å²) in [6.07, 6.45) is 2.50. The topological polar surface area (TPSA) is 67.2 Å². The molecule has 0 saturated heterocycles. The van der Waals surface area contributed by atoms with E-state index in [1.807, 2.05) is 50.2 Å². The number of aromatic nitrogens is 2. The standard InChI is InChI=1S/C27H32N4O2/c1-20(13-14-22-9-5-3-6-10-22)28-26(32)19-31-21(2)29-25-15-16-30(18-24(25)27(31)33)17-23-11-7-4-8-12-23/h3-12,20H,13-19H2,1-2H3,(H,28,32).